The van der Waals surface area contributed by atoms with Crippen molar-refractivity contribution in [2.45, 2.75) is 71.3 Å². The number of hydrogen-bond donors (Lipinski definition) is 2. The highest BCUT2D eigenvalue weighted by molar-refractivity contribution is 5.87. The van der Waals surface area contributed by atoms with Crippen LogP contribution < -0.4 is 0 Å². The van der Waals surface area contributed by atoms with Crippen molar-refractivity contribution >= 4 is 5.78 Å². The van der Waals surface area contributed by atoms with E-state index in [9.17, 15) is 15.0 Å². The Morgan fingerprint density at radius 1 is 1.13 bits per heavy atom. The molecule has 0 radical (unpaired) electrons. The third kappa shape index (κ3) is 1.99. The fourth-order valence-corrected chi connectivity index (χ4v) is 6.92. The van der Waals surface area contributed by atoms with E-state index < -0.39 is 0 Å². The van der Waals surface area contributed by atoms with Gasteiger partial charge in [0.25, 0.3) is 0 Å². The van der Waals surface area contributed by atoms with Gasteiger partial charge in [0.2, 0.25) is 0 Å². The third-order valence-corrected chi connectivity index (χ3v) is 8.16. The molecule has 0 spiro atoms. The second-order valence-electron chi connectivity index (χ2n) is 8.97. The van der Waals surface area contributed by atoms with Gasteiger partial charge in [0.05, 0.1) is 12.7 Å². The molecule has 0 aromatic carbocycles. The van der Waals surface area contributed by atoms with Crippen LogP contribution in [0.2, 0.25) is 0 Å². The van der Waals surface area contributed by atoms with Crippen LogP contribution in [0.4, 0.5) is 0 Å². The monoisotopic (exact) mass is 318 g/mol. The highest BCUT2D eigenvalue weighted by Crippen LogP contribution is 2.65. The van der Waals surface area contributed by atoms with Crippen molar-refractivity contribution in [2.24, 2.45) is 28.6 Å². The Hall–Kier alpha value is -0.670. The van der Waals surface area contributed by atoms with Crippen molar-refractivity contribution in [3.05, 3.63) is 11.1 Å². The summed E-state index contributed by atoms with van der Waals surface area (Å²) < 4.78 is 0. The van der Waals surface area contributed by atoms with Gasteiger partial charge in [0, 0.05) is 17.3 Å². The van der Waals surface area contributed by atoms with Crippen molar-refractivity contribution in [1.29, 1.82) is 0 Å². The van der Waals surface area contributed by atoms with Crippen LogP contribution in [0.1, 0.15) is 65.2 Å². The number of rotatable bonds is 1. The van der Waals surface area contributed by atoms with Crippen LogP contribution in [0.3, 0.4) is 0 Å². The molecule has 3 heteroatoms. The van der Waals surface area contributed by atoms with Crippen LogP contribution in [-0.2, 0) is 4.79 Å². The quantitative estimate of drug-likeness (QED) is 0.730. The first-order valence-corrected chi connectivity index (χ1v) is 9.44. The van der Waals surface area contributed by atoms with E-state index in [0.29, 0.717) is 23.5 Å². The average molecular weight is 318 g/mol. The van der Waals surface area contributed by atoms with Gasteiger partial charge in [0.15, 0.2) is 0 Å². The number of carbonyl (C=O) groups is 1. The number of aliphatic hydroxyl groups excluding tert-OH is 2. The minimum Gasteiger partial charge on any atom is -0.395 e. The van der Waals surface area contributed by atoms with E-state index in [1.807, 2.05) is 0 Å². The van der Waals surface area contributed by atoms with E-state index in [2.05, 4.69) is 13.8 Å². The molecule has 0 aromatic rings. The summed E-state index contributed by atoms with van der Waals surface area (Å²) in [7, 11) is 0. The zero-order chi connectivity index (χ0) is 16.4. The summed E-state index contributed by atoms with van der Waals surface area (Å²) in [6.45, 7) is 4.62. The summed E-state index contributed by atoms with van der Waals surface area (Å²) in [4.78, 5) is 12.5. The molecule has 1 unspecified atom stereocenters. The highest BCUT2D eigenvalue weighted by atomic mass is 16.3. The predicted molar refractivity (Wildman–Crippen MR) is 88.7 cm³/mol. The number of ketones is 1. The maximum absolute atomic E-state index is 12.5. The van der Waals surface area contributed by atoms with Crippen LogP contribution in [-0.4, -0.2) is 28.7 Å². The summed E-state index contributed by atoms with van der Waals surface area (Å²) in [5, 5.41) is 20.5. The molecule has 0 bridgehead atoms. The topological polar surface area (TPSA) is 57.5 Å². The molecule has 4 aliphatic rings. The van der Waals surface area contributed by atoms with Gasteiger partial charge in [-0.1, -0.05) is 18.1 Å². The molecule has 4 rings (SSSR count). The lowest BCUT2D eigenvalue weighted by atomic mass is 9.46. The van der Waals surface area contributed by atoms with E-state index in [-0.39, 0.29) is 23.5 Å². The first kappa shape index (κ1) is 15.8. The van der Waals surface area contributed by atoms with E-state index in [1.54, 1.807) is 0 Å². The zero-order valence-electron chi connectivity index (χ0n) is 14.5. The van der Waals surface area contributed by atoms with Gasteiger partial charge in [-0.25, -0.2) is 0 Å². The van der Waals surface area contributed by atoms with Crippen molar-refractivity contribution in [3.63, 3.8) is 0 Å². The summed E-state index contributed by atoms with van der Waals surface area (Å²) in [6, 6.07) is 0. The molecular formula is C20H30O3. The molecule has 6 atom stereocenters. The Balaban J connectivity index is 1.77. The van der Waals surface area contributed by atoms with Gasteiger partial charge >= 0.3 is 0 Å². The molecule has 3 nitrogen and oxygen atoms in total. The molecule has 0 amide bonds. The Morgan fingerprint density at radius 3 is 2.65 bits per heavy atom. The van der Waals surface area contributed by atoms with Gasteiger partial charge in [-0.2, -0.15) is 0 Å². The molecule has 4 aliphatic carbocycles. The maximum Gasteiger partial charge on any atom is 0.139 e. The molecule has 128 valence electrons. The van der Waals surface area contributed by atoms with Crippen molar-refractivity contribution < 1.29 is 15.0 Å². The summed E-state index contributed by atoms with van der Waals surface area (Å²) in [6.07, 6.45) is 7.16. The second-order valence-corrected chi connectivity index (χ2v) is 8.97. The van der Waals surface area contributed by atoms with Gasteiger partial charge < -0.3 is 10.2 Å². The SMILES string of the molecule is CC1=C2CC(O)CC[C@]2(CO)[C@@H]2CC[C@]3(C)C(=O)CC[C@H]3[C@@H]2C1. The molecule has 3 saturated carbocycles. The fourth-order valence-electron chi connectivity index (χ4n) is 6.92. The molecule has 2 N–H and O–H groups in total. The minimum absolute atomic E-state index is 0.107. The first-order valence-electron chi connectivity index (χ1n) is 9.44. The molecule has 23 heavy (non-hydrogen) atoms. The fraction of sp³-hybridized carbons (Fsp3) is 0.850. The second kappa shape index (κ2) is 5.16. The number of fused-ring (bicyclic) bond motifs is 5. The van der Waals surface area contributed by atoms with Crippen molar-refractivity contribution in [3.8, 4) is 0 Å². The smallest absolute Gasteiger partial charge is 0.139 e. The molecule has 0 heterocycles. The molecular weight excluding hydrogens is 288 g/mol. The summed E-state index contributed by atoms with van der Waals surface area (Å²) in [5.74, 6) is 2.03. The lowest BCUT2D eigenvalue weighted by Crippen LogP contribution is -2.53. The van der Waals surface area contributed by atoms with E-state index >= 15 is 0 Å². The summed E-state index contributed by atoms with van der Waals surface area (Å²) >= 11 is 0. The van der Waals surface area contributed by atoms with Crippen LogP contribution in [0, 0.1) is 28.6 Å². The van der Waals surface area contributed by atoms with Gasteiger partial charge in [-0.05, 0) is 69.6 Å². The number of aliphatic hydroxyl groups is 2. The van der Waals surface area contributed by atoms with E-state index in [4.69, 9.17) is 0 Å². The number of carbonyl (C=O) groups excluding carboxylic acids is 1. The largest absolute Gasteiger partial charge is 0.395 e. The van der Waals surface area contributed by atoms with Crippen molar-refractivity contribution in [1.82, 2.24) is 0 Å². The number of allylic oxidation sites excluding steroid dienone is 1. The predicted octanol–water partition coefficient (Wildman–Crippen LogP) is 3.24. The highest BCUT2D eigenvalue weighted by Gasteiger charge is 2.60. The van der Waals surface area contributed by atoms with Crippen LogP contribution in [0.25, 0.3) is 0 Å². The number of hydrogen-bond acceptors (Lipinski definition) is 3. The summed E-state index contributed by atoms with van der Waals surface area (Å²) in [5.41, 5.74) is 2.53. The lowest BCUT2D eigenvalue weighted by molar-refractivity contribution is -0.133. The third-order valence-electron chi connectivity index (χ3n) is 8.16. The van der Waals surface area contributed by atoms with Gasteiger partial charge in [-0.3, -0.25) is 4.79 Å². The Morgan fingerprint density at radius 2 is 1.91 bits per heavy atom. The van der Waals surface area contributed by atoms with E-state index in [1.165, 1.54) is 11.1 Å². The molecule has 0 aliphatic heterocycles. The van der Waals surface area contributed by atoms with Crippen LogP contribution in [0.5, 0.6) is 0 Å². The van der Waals surface area contributed by atoms with Crippen LogP contribution in [0.15, 0.2) is 11.1 Å². The Labute approximate surface area is 139 Å². The molecule has 0 aromatic heterocycles. The standard InChI is InChI=1S/C20H30O3/c1-12-9-14-15-3-4-18(23)19(15,2)7-6-16(14)20(11-21)8-5-13(22)10-17(12)20/h13-16,21-22H,3-11H2,1-2H3/t13?,14-,15-,16+,19-,20-/m0/s1. The van der Waals surface area contributed by atoms with Gasteiger partial charge in [-0.15, -0.1) is 0 Å². The zero-order valence-corrected chi connectivity index (χ0v) is 14.5. The van der Waals surface area contributed by atoms with Crippen molar-refractivity contribution in [2.75, 3.05) is 6.61 Å². The Kier molecular flexibility index (Phi) is 3.55. The van der Waals surface area contributed by atoms with Crippen LogP contribution >= 0.6 is 0 Å². The normalized spacial score (nSPS) is 49.7. The Bertz CT molecular complexity index is 565. The maximum atomic E-state index is 12.5. The first-order chi connectivity index (χ1) is 10.9. The minimum atomic E-state index is -0.238. The van der Waals surface area contributed by atoms with Gasteiger partial charge in [0.1, 0.15) is 5.78 Å². The van der Waals surface area contributed by atoms with E-state index in [0.717, 1.165) is 51.4 Å². The number of Topliss-reactive ketones (excluding diaryl/α,β-unsaturated/α-hetero) is 1. The molecule has 3 fully saturated rings. The average Bonchev–Trinajstić information content (AvgIpc) is 2.84. The lowest BCUT2D eigenvalue weighted by Gasteiger charge is -2.58. The molecule has 0 saturated heterocycles.